The molecule has 0 spiro atoms. The van der Waals surface area contributed by atoms with Crippen LogP contribution in [0.5, 0.6) is 5.75 Å². The van der Waals surface area contributed by atoms with Gasteiger partial charge >= 0.3 is 0 Å². The van der Waals surface area contributed by atoms with Crippen LogP contribution in [0, 0.1) is 6.92 Å². The molecule has 0 aliphatic carbocycles. The van der Waals surface area contributed by atoms with Crippen LogP contribution in [-0.4, -0.2) is 19.1 Å². The summed E-state index contributed by atoms with van der Waals surface area (Å²) in [7, 11) is 0. The van der Waals surface area contributed by atoms with Gasteiger partial charge in [-0.15, -0.1) is 0 Å². The topological polar surface area (TPSA) is 64.3 Å². The van der Waals surface area contributed by atoms with Crippen molar-refractivity contribution in [1.82, 2.24) is 5.32 Å². The number of amides is 1. The number of benzene rings is 1. The van der Waals surface area contributed by atoms with E-state index in [1.165, 1.54) is 0 Å². The van der Waals surface area contributed by atoms with Gasteiger partial charge in [0.05, 0.1) is 13.0 Å². The first kappa shape index (κ1) is 16.0. The standard InChI is InChI=1S/C14H21BrN2O2/c1-3-5-17-9-11-8-12(15)7-10(2)14(11)19-6-4-13(16)18/h7-8,17H,3-6,9H2,1-2H3,(H2,16,18). The molecule has 1 amide bonds. The lowest BCUT2D eigenvalue weighted by atomic mass is 10.1. The molecule has 0 aliphatic heterocycles. The van der Waals surface area contributed by atoms with Crippen LogP contribution in [0.15, 0.2) is 16.6 Å². The molecule has 0 heterocycles. The number of aryl methyl sites for hydroxylation is 1. The average Bonchev–Trinajstić information content (AvgIpc) is 2.32. The Morgan fingerprint density at radius 1 is 1.47 bits per heavy atom. The van der Waals surface area contributed by atoms with Crippen LogP contribution in [0.3, 0.4) is 0 Å². The lowest BCUT2D eigenvalue weighted by molar-refractivity contribution is -0.118. The van der Waals surface area contributed by atoms with E-state index in [1.54, 1.807) is 0 Å². The zero-order chi connectivity index (χ0) is 14.3. The highest BCUT2D eigenvalue weighted by molar-refractivity contribution is 9.10. The van der Waals surface area contributed by atoms with Gasteiger partial charge in [-0.3, -0.25) is 4.79 Å². The maximum absolute atomic E-state index is 10.7. The van der Waals surface area contributed by atoms with E-state index in [0.717, 1.165) is 40.9 Å². The Balaban J connectivity index is 2.77. The van der Waals surface area contributed by atoms with Gasteiger partial charge < -0.3 is 15.8 Å². The molecule has 0 fully saturated rings. The summed E-state index contributed by atoms with van der Waals surface area (Å²) in [5.74, 6) is 0.494. The number of hydrogen-bond acceptors (Lipinski definition) is 3. The Kier molecular flexibility index (Phi) is 6.87. The van der Waals surface area contributed by atoms with Gasteiger partial charge in [0, 0.05) is 16.6 Å². The minimum Gasteiger partial charge on any atom is -0.492 e. The predicted octanol–water partition coefficient (Wildman–Crippen LogP) is 2.51. The van der Waals surface area contributed by atoms with Crippen LogP contribution in [0.4, 0.5) is 0 Å². The van der Waals surface area contributed by atoms with Gasteiger partial charge in [0.2, 0.25) is 5.91 Å². The normalized spacial score (nSPS) is 10.5. The fourth-order valence-corrected chi connectivity index (χ4v) is 2.41. The fraction of sp³-hybridized carbons (Fsp3) is 0.500. The number of nitrogens with one attached hydrogen (secondary N) is 1. The summed E-state index contributed by atoms with van der Waals surface area (Å²) in [5.41, 5.74) is 7.25. The number of nitrogens with two attached hydrogens (primary N) is 1. The Hall–Kier alpha value is -1.07. The zero-order valence-corrected chi connectivity index (χ0v) is 13.0. The van der Waals surface area contributed by atoms with Gasteiger partial charge in [0.15, 0.2) is 0 Å². The lowest BCUT2D eigenvalue weighted by Gasteiger charge is -2.15. The van der Waals surface area contributed by atoms with Crippen molar-refractivity contribution in [2.75, 3.05) is 13.2 Å². The number of primary amides is 1. The van der Waals surface area contributed by atoms with E-state index >= 15 is 0 Å². The molecule has 1 aromatic rings. The number of rotatable bonds is 8. The van der Waals surface area contributed by atoms with Crippen LogP contribution in [0.1, 0.15) is 30.9 Å². The lowest BCUT2D eigenvalue weighted by Crippen LogP contribution is -2.17. The molecule has 106 valence electrons. The fourth-order valence-electron chi connectivity index (χ4n) is 1.79. The minimum atomic E-state index is -0.347. The van der Waals surface area contributed by atoms with E-state index in [1.807, 2.05) is 19.1 Å². The van der Waals surface area contributed by atoms with E-state index in [2.05, 4.69) is 28.2 Å². The zero-order valence-electron chi connectivity index (χ0n) is 11.5. The van der Waals surface area contributed by atoms with E-state index < -0.39 is 0 Å². The smallest absolute Gasteiger partial charge is 0.220 e. The third-order valence-corrected chi connectivity index (χ3v) is 3.11. The summed E-state index contributed by atoms with van der Waals surface area (Å²) in [6, 6.07) is 4.04. The molecule has 0 saturated carbocycles. The van der Waals surface area contributed by atoms with Crippen LogP contribution >= 0.6 is 15.9 Å². The first-order chi connectivity index (χ1) is 9.04. The molecule has 1 rings (SSSR count). The molecule has 1 aromatic carbocycles. The van der Waals surface area contributed by atoms with Crippen LogP contribution in [0.25, 0.3) is 0 Å². The first-order valence-electron chi connectivity index (χ1n) is 6.45. The summed E-state index contributed by atoms with van der Waals surface area (Å²) in [6.07, 6.45) is 1.32. The molecule has 0 radical (unpaired) electrons. The molecule has 19 heavy (non-hydrogen) atoms. The number of ether oxygens (including phenoxy) is 1. The Bertz CT molecular complexity index is 436. The van der Waals surface area contributed by atoms with Crippen molar-refractivity contribution >= 4 is 21.8 Å². The van der Waals surface area contributed by atoms with Crippen molar-refractivity contribution in [3.8, 4) is 5.75 Å². The highest BCUT2D eigenvalue weighted by Crippen LogP contribution is 2.28. The van der Waals surface area contributed by atoms with E-state index in [9.17, 15) is 4.79 Å². The predicted molar refractivity (Wildman–Crippen MR) is 80.2 cm³/mol. The molecule has 0 bridgehead atoms. The molecule has 0 aliphatic rings. The Morgan fingerprint density at radius 2 is 2.21 bits per heavy atom. The summed E-state index contributed by atoms with van der Waals surface area (Å²) >= 11 is 3.49. The molecule has 3 N–H and O–H groups in total. The molecule has 0 saturated heterocycles. The second-order valence-electron chi connectivity index (χ2n) is 4.45. The van der Waals surface area contributed by atoms with E-state index in [0.29, 0.717) is 6.61 Å². The summed E-state index contributed by atoms with van der Waals surface area (Å²) in [6.45, 7) is 6.15. The summed E-state index contributed by atoms with van der Waals surface area (Å²) in [5, 5.41) is 3.35. The highest BCUT2D eigenvalue weighted by Gasteiger charge is 2.09. The van der Waals surface area contributed by atoms with Crippen molar-refractivity contribution in [3.05, 3.63) is 27.7 Å². The van der Waals surface area contributed by atoms with Gasteiger partial charge in [-0.1, -0.05) is 22.9 Å². The SMILES string of the molecule is CCCNCc1cc(Br)cc(C)c1OCCC(N)=O. The molecule has 0 aromatic heterocycles. The van der Waals surface area contributed by atoms with Gasteiger partial charge in [-0.2, -0.15) is 0 Å². The van der Waals surface area contributed by atoms with Crippen molar-refractivity contribution in [2.24, 2.45) is 5.73 Å². The van der Waals surface area contributed by atoms with Crippen molar-refractivity contribution in [3.63, 3.8) is 0 Å². The van der Waals surface area contributed by atoms with Gasteiger partial charge in [0.1, 0.15) is 5.75 Å². The highest BCUT2D eigenvalue weighted by atomic mass is 79.9. The molecule has 0 unspecified atom stereocenters. The van der Waals surface area contributed by atoms with Crippen LogP contribution in [-0.2, 0) is 11.3 Å². The minimum absolute atomic E-state index is 0.233. The largest absolute Gasteiger partial charge is 0.492 e. The van der Waals surface area contributed by atoms with Crippen molar-refractivity contribution in [1.29, 1.82) is 0 Å². The third kappa shape index (κ3) is 5.61. The summed E-state index contributed by atoms with van der Waals surface area (Å²) in [4.78, 5) is 10.7. The maximum atomic E-state index is 10.7. The van der Waals surface area contributed by atoms with Crippen molar-refractivity contribution in [2.45, 2.75) is 33.2 Å². The second kappa shape index (κ2) is 8.17. The molecule has 4 nitrogen and oxygen atoms in total. The second-order valence-corrected chi connectivity index (χ2v) is 5.37. The number of carbonyl (C=O) groups is 1. The van der Waals surface area contributed by atoms with E-state index in [-0.39, 0.29) is 12.3 Å². The average molecular weight is 329 g/mol. The molecular weight excluding hydrogens is 308 g/mol. The Morgan fingerprint density at radius 3 is 2.84 bits per heavy atom. The number of hydrogen-bond donors (Lipinski definition) is 2. The monoisotopic (exact) mass is 328 g/mol. The maximum Gasteiger partial charge on any atom is 0.220 e. The van der Waals surface area contributed by atoms with E-state index in [4.69, 9.17) is 10.5 Å². The Labute approximate surface area is 122 Å². The molecular formula is C14H21BrN2O2. The van der Waals surface area contributed by atoms with Gasteiger partial charge in [0.25, 0.3) is 0 Å². The van der Waals surface area contributed by atoms with Crippen LogP contribution < -0.4 is 15.8 Å². The third-order valence-electron chi connectivity index (χ3n) is 2.65. The van der Waals surface area contributed by atoms with Crippen LogP contribution in [0.2, 0.25) is 0 Å². The number of carbonyl (C=O) groups excluding carboxylic acids is 1. The first-order valence-corrected chi connectivity index (χ1v) is 7.24. The van der Waals surface area contributed by atoms with Gasteiger partial charge in [-0.25, -0.2) is 0 Å². The number of halogens is 1. The summed E-state index contributed by atoms with van der Waals surface area (Å²) < 4.78 is 6.73. The quantitative estimate of drug-likeness (QED) is 0.720. The molecule has 5 heteroatoms. The molecule has 0 atom stereocenters. The van der Waals surface area contributed by atoms with Gasteiger partial charge in [-0.05, 0) is 37.6 Å². The van der Waals surface area contributed by atoms with Crippen molar-refractivity contribution < 1.29 is 9.53 Å².